The van der Waals surface area contributed by atoms with E-state index in [9.17, 15) is 9.90 Å². The molecule has 79 heavy (non-hydrogen) atoms. The SMILES string of the molecule is COC(=O)C(NC(=O)N1C(=O)C2(c3cc(C#CCn4nnc5ccccc54)ccc31)C(C(=O)Nc1ccc(N3CCOCC3)cc1)C1C(=O)OC(c3ccccc3)C(c3ccccc3)N1C2c1ccc(OCCO)cc1)C(C)C. The number of aliphatic hydroxyl groups is 1. The number of cyclic esters (lactones) is 1. The number of nitrogens with one attached hydrogen (secondary N) is 2. The number of hydrogen-bond acceptors (Lipinski definition) is 14. The van der Waals surface area contributed by atoms with Gasteiger partial charge in [0.1, 0.15) is 48.0 Å². The normalized spacial score (nSPS) is 21.9. The summed E-state index contributed by atoms with van der Waals surface area (Å²) in [4.78, 5) is 82.6. The highest BCUT2D eigenvalue weighted by molar-refractivity contribution is 6.25. The van der Waals surface area contributed by atoms with Crippen LogP contribution in [-0.4, -0.2) is 113 Å². The van der Waals surface area contributed by atoms with Crippen LogP contribution in [0.4, 0.5) is 21.9 Å². The second-order valence-electron chi connectivity index (χ2n) is 20.1. The minimum absolute atomic E-state index is 0.00703. The number of hydrogen-bond donors (Lipinski definition) is 3. The fraction of sp³-hybridized carbons (Fsp3) is 0.295. The number of benzene rings is 6. The van der Waals surface area contributed by atoms with E-state index in [0.29, 0.717) is 59.9 Å². The highest BCUT2D eigenvalue weighted by atomic mass is 16.6. The fourth-order valence-electron chi connectivity index (χ4n) is 11.8. The van der Waals surface area contributed by atoms with Gasteiger partial charge in [-0.2, -0.15) is 0 Å². The minimum Gasteiger partial charge on any atom is -0.491 e. The number of aliphatic hydroxyl groups excluding tert-OH is 1. The first-order valence-corrected chi connectivity index (χ1v) is 26.3. The molecule has 3 fully saturated rings. The molecule has 1 spiro atoms. The number of nitrogens with zero attached hydrogens (tertiary/aromatic N) is 6. The maximum atomic E-state index is 16.9. The fourth-order valence-corrected chi connectivity index (χ4v) is 11.8. The van der Waals surface area contributed by atoms with Gasteiger partial charge in [0.15, 0.2) is 0 Å². The number of fused-ring (bicyclic) bond motifs is 4. The number of aromatic nitrogens is 3. The second kappa shape index (κ2) is 22.2. The molecule has 3 saturated heterocycles. The van der Waals surface area contributed by atoms with E-state index in [1.807, 2.05) is 102 Å². The van der Waals surface area contributed by atoms with Crippen LogP contribution < -0.4 is 25.2 Å². The van der Waals surface area contributed by atoms with Crippen LogP contribution in [0.25, 0.3) is 11.0 Å². The Bertz CT molecular complexity index is 3470. The van der Waals surface area contributed by atoms with Crippen molar-refractivity contribution in [3.05, 3.63) is 179 Å². The zero-order chi connectivity index (χ0) is 54.8. The third-order valence-electron chi connectivity index (χ3n) is 15.3. The Kier molecular flexibility index (Phi) is 14.7. The number of morpholine rings is 2. The number of esters is 2. The van der Waals surface area contributed by atoms with Crippen LogP contribution in [-0.2, 0) is 45.3 Å². The predicted octanol–water partition coefficient (Wildman–Crippen LogP) is 6.90. The van der Waals surface area contributed by atoms with Gasteiger partial charge in [-0.15, -0.1) is 5.10 Å². The smallest absolute Gasteiger partial charge is 0.329 e. The standard InChI is InChI=1S/C61H58N8O10/c1-38(2)51(57(72)76-3)63-60(75)68-48-29-20-39(13-12-30-67-49-19-11-10-18-47(49)64-65-67)37-46(48)61(59(68)74)50(56(71)62-43-23-25-44(26-24-43)66-31-34-77-35-32-66)53-58(73)79-54(41-16-8-5-9-17-41)52(40-14-6-4-7-15-40)69(53)55(61)42-21-27-45(28-22-42)78-36-33-70/h4-11,14-29,37-38,50-55,70H,30-36H2,1-3H3,(H,62,71)(H,63,75). The molecule has 7 unspecified atom stereocenters. The van der Waals surface area contributed by atoms with E-state index in [0.717, 1.165) is 21.7 Å². The molecule has 18 heteroatoms. The van der Waals surface area contributed by atoms with Crippen LogP contribution in [0.15, 0.2) is 152 Å². The van der Waals surface area contributed by atoms with Crippen molar-refractivity contribution in [3.8, 4) is 17.6 Å². The van der Waals surface area contributed by atoms with Crippen LogP contribution in [0.1, 0.15) is 59.9 Å². The average Bonchev–Trinajstić information content (AvgIpc) is 2.05. The Morgan fingerprint density at radius 1 is 0.823 bits per heavy atom. The lowest BCUT2D eigenvalue weighted by Crippen LogP contribution is -2.57. The summed E-state index contributed by atoms with van der Waals surface area (Å²) in [5.74, 6) is 1.73. The number of carbonyl (C=O) groups excluding carboxylic acids is 5. The van der Waals surface area contributed by atoms with Crippen LogP contribution in [0, 0.1) is 23.7 Å². The predicted molar refractivity (Wildman–Crippen MR) is 293 cm³/mol. The van der Waals surface area contributed by atoms with Crippen molar-refractivity contribution >= 4 is 57.9 Å². The van der Waals surface area contributed by atoms with Gasteiger partial charge in [0.2, 0.25) is 11.8 Å². The van der Waals surface area contributed by atoms with Crippen molar-refractivity contribution in [2.24, 2.45) is 11.8 Å². The number of methoxy groups -OCH3 is 1. The number of ether oxygens (including phenoxy) is 4. The summed E-state index contributed by atoms with van der Waals surface area (Å²) in [6.07, 6.45) is -0.971. The van der Waals surface area contributed by atoms with Gasteiger partial charge in [0.05, 0.1) is 56.1 Å². The zero-order valence-corrected chi connectivity index (χ0v) is 43.7. The maximum Gasteiger partial charge on any atom is 0.329 e. The molecule has 7 aromatic rings. The number of amides is 4. The third kappa shape index (κ3) is 9.59. The van der Waals surface area contributed by atoms with Crippen molar-refractivity contribution in [1.82, 2.24) is 25.2 Å². The van der Waals surface area contributed by atoms with Gasteiger partial charge in [-0.3, -0.25) is 19.3 Å². The molecule has 0 saturated carbocycles. The molecule has 5 heterocycles. The first-order valence-electron chi connectivity index (χ1n) is 26.3. The molecule has 4 aliphatic rings. The highest BCUT2D eigenvalue weighted by Gasteiger charge is 2.75. The lowest BCUT2D eigenvalue weighted by atomic mass is 9.65. The monoisotopic (exact) mass is 1060 g/mol. The zero-order valence-electron chi connectivity index (χ0n) is 43.7. The van der Waals surface area contributed by atoms with Crippen LogP contribution in [0.2, 0.25) is 0 Å². The molecule has 0 bridgehead atoms. The molecule has 4 amide bonds. The number of anilines is 3. The van der Waals surface area contributed by atoms with Crippen molar-refractivity contribution in [2.45, 2.75) is 56.1 Å². The molecule has 402 valence electrons. The molecule has 18 nitrogen and oxygen atoms in total. The van der Waals surface area contributed by atoms with Crippen LogP contribution >= 0.6 is 0 Å². The number of urea groups is 1. The van der Waals surface area contributed by atoms with E-state index >= 15 is 19.2 Å². The highest BCUT2D eigenvalue weighted by Crippen LogP contribution is 2.66. The molecule has 1 aromatic heterocycles. The van der Waals surface area contributed by atoms with Crippen molar-refractivity contribution in [2.75, 3.05) is 61.7 Å². The first-order chi connectivity index (χ1) is 38.5. The number of imide groups is 1. The average molecular weight is 1060 g/mol. The summed E-state index contributed by atoms with van der Waals surface area (Å²) in [7, 11) is 1.22. The summed E-state index contributed by atoms with van der Waals surface area (Å²) >= 11 is 0. The lowest BCUT2D eigenvalue weighted by Gasteiger charge is -2.46. The molecule has 4 aliphatic heterocycles. The van der Waals surface area contributed by atoms with Crippen molar-refractivity contribution < 1.29 is 48.0 Å². The summed E-state index contributed by atoms with van der Waals surface area (Å²) < 4.78 is 24.9. The van der Waals surface area contributed by atoms with Crippen molar-refractivity contribution in [1.29, 1.82) is 0 Å². The van der Waals surface area contributed by atoms with Gasteiger partial charge in [0, 0.05) is 30.0 Å². The molecule has 3 N–H and O–H groups in total. The van der Waals surface area contributed by atoms with Gasteiger partial charge < -0.3 is 39.6 Å². The second-order valence-corrected chi connectivity index (χ2v) is 20.1. The first kappa shape index (κ1) is 52.2. The summed E-state index contributed by atoms with van der Waals surface area (Å²) in [6.45, 7) is 5.90. The van der Waals surface area contributed by atoms with E-state index in [1.54, 1.807) is 73.1 Å². The molecule has 0 aliphatic carbocycles. The van der Waals surface area contributed by atoms with Gasteiger partial charge in [-0.1, -0.05) is 116 Å². The largest absolute Gasteiger partial charge is 0.491 e. The third-order valence-corrected chi connectivity index (χ3v) is 15.3. The summed E-state index contributed by atoms with van der Waals surface area (Å²) in [5.41, 5.74) is 3.25. The van der Waals surface area contributed by atoms with Gasteiger partial charge in [0.25, 0.3) is 0 Å². The molecular formula is C61H58N8O10. The number of para-hydroxylation sites is 1. The Labute approximate surface area is 456 Å². The van der Waals surface area contributed by atoms with Crippen LogP contribution in [0.5, 0.6) is 5.75 Å². The van der Waals surface area contributed by atoms with E-state index in [1.165, 1.54) is 7.11 Å². The van der Waals surface area contributed by atoms with Gasteiger partial charge >= 0.3 is 18.0 Å². The molecular weight excluding hydrogens is 1000 g/mol. The Morgan fingerprint density at radius 2 is 1.52 bits per heavy atom. The van der Waals surface area contributed by atoms with Crippen LogP contribution in [0.3, 0.4) is 0 Å². The van der Waals surface area contributed by atoms with Gasteiger partial charge in [-0.05, 0) is 94.9 Å². The Balaban J connectivity index is 1.16. The minimum atomic E-state index is -2.15. The summed E-state index contributed by atoms with van der Waals surface area (Å²) in [5, 5.41) is 24.2. The number of rotatable bonds is 13. The lowest BCUT2D eigenvalue weighted by molar-refractivity contribution is -0.177. The molecule has 0 radical (unpaired) electrons. The molecule has 11 rings (SSSR count). The van der Waals surface area contributed by atoms with Gasteiger partial charge in [-0.25, -0.2) is 19.2 Å². The molecule has 7 atom stereocenters. The summed E-state index contributed by atoms with van der Waals surface area (Å²) in [6, 6.07) is 39.9. The Morgan fingerprint density at radius 3 is 2.22 bits per heavy atom. The van der Waals surface area contributed by atoms with E-state index in [-0.39, 0.29) is 31.0 Å². The van der Waals surface area contributed by atoms with Crippen molar-refractivity contribution in [3.63, 3.8) is 0 Å². The molecule has 6 aromatic carbocycles. The topological polar surface area (TPSA) is 207 Å². The van der Waals surface area contributed by atoms with E-state index in [2.05, 4.69) is 37.7 Å². The van der Waals surface area contributed by atoms with E-state index in [4.69, 9.17) is 18.9 Å². The Hall–Kier alpha value is -8.89. The quantitative estimate of drug-likeness (QED) is 0.0794. The maximum absolute atomic E-state index is 16.9. The number of carbonyl (C=O) groups is 5. The van der Waals surface area contributed by atoms with E-state index < -0.39 is 77.3 Å².